The molecule has 5 nitrogen and oxygen atoms in total. The number of nitrogens with zero attached hydrogens (tertiary/aromatic N) is 1. The van der Waals surface area contributed by atoms with Gasteiger partial charge in [-0.05, 0) is 41.8 Å². The van der Waals surface area contributed by atoms with E-state index in [-0.39, 0.29) is 5.57 Å². The van der Waals surface area contributed by atoms with Gasteiger partial charge in [0.1, 0.15) is 5.57 Å². The molecule has 1 aromatic heterocycles. The number of barbiturate groups is 1. The van der Waals surface area contributed by atoms with Crippen molar-refractivity contribution < 1.29 is 14.4 Å². The third kappa shape index (κ3) is 2.72. The van der Waals surface area contributed by atoms with E-state index < -0.39 is 17.8 Å². The normalized spacial score (nSPS) is 17.0. The third-order valence-electron chi connectivity index (χ3n) is 3.02. The van der Waals surface area contributed by atoms with Crippen molar-refractivity contribution in [3.63, 3.8) is 0 Å². The lowest BCUT2D eigenvalue weighted by atomic mass is 10.1. The van der Waals surface area contributed by atoms with E-state index in [1.165, 1.54) is 17.4 Å². The van der Waals surface area contributed by atoms with Crippen LogP contribution >= 0.6 is 27.3 Å². The van der Waals surface area contributed by atoms with Crippen LogP contribution < -0.4 is 10.2 Å². The molecule has 0 unspecified atom stereocenters. The first-order valence-corrected chi connectivity index (χ1v) is 7.94. The van der Waals surface area contributed by atoms with Crippen molar-refractivity contribution >= 4 is 56.9 Å². The van der Waals surface area contributed by atoms with Crippen molar-refractivity contribution in [2.45, 2.75) is 0 Å². The summed E-state index contributed by atoms with van der Waals surface area (Å²) in [5.41, 5.74) is 0.334. The zero-order valence-corrected chi connectivity index (χ0v) is 13.5. The van der Waals surface area contributed by atoms with Crippen molar-refractivity contribution in [1.29, 1.82) is 0 Å². The Bertz CT molecular complexity index is 782. The van der Waals surface area contributed by atoms with E-state index >= 15 is 0 Å². The molecule has 0 bridgehead atoms. The fourth-order valence-corrected chi connectivity index (χ4v) is 2.92. The van der Waals surface area contributed by atoms with Crippen molar-refractivity contribution in [1.82, 2.24) is 5.32 Å². The number of thiophene rings is 1. The molecule has 0 radical (unpaired) electrons. The molecule has 0 spiro atoms. The molecule has 0 saturated carbocycles. The summed E-state index contributed by atoms with van der Waals surface area (Å²) in [5, 5.41) is 4.03. The second-order valence-corrected chi connectivity index (χ2v) is 6.34. The van der Waals surface area contributed by atoms with Crippen LogP contribution in [0.15, 0.2) is 51.8 Å². The minimum absolute atomic E-state index is 0.0648. The molecule has 1 N–H and O–H groups in total. The van der Waals surface area contributed by atoms with Crippen LogP contribution in [0.3, 0.4) is 0 Å². The Labute approximate surface area is 138 Å². The van der Waals surface area contributed by atoms with Gasteiger partial charge < -0.3 is 0 Å². The molecule has 4 amide bonds. The van der Waals surface area contributed by atoms with Gasteiger partial charge in [-0.1, -0.05) is 22.0 Å². The summed E-state index contributed by atoms with van der Waals surface area (Å²) in [4.78, 5) is 38.2. The Hall–Kier alpha value is -2.25. The number of hydrogen-bond donors (Lipinski definition) is 1. The van der Waals surface area contributed by atoms with Gasteiger partial charge in [0.15, 0.2) is 0 Å². The van der Waals surface area contributed by atoms with Crippen molar-refractivity contribution in [2.75, 3.05) is 4.90 Å². The highest BCUT2D eigenvalue weighted by atomic mass is 79.9. The van der Waals surface area contributed by atoms with Crippen molar-refractivity contribution in [2.24, 2.45) is 0 Å². The summed E-state index contributed by atoms with van der Waals surface area (Å²) in [6.07, 6.45) is 1.49. The zero-order valence-electron chi connectivity index (χ0n) is 11.1. The summed E-state index contributed by atoms with van der Waals surface area (Å²) in [6.45, 7) is 0. The van der Waals surface area contributed by atoms with Crippen LogP contribution in [0.25, 0.3) is 6.08 Å². The van der Waals surface area contributed by atoms with E-state index in [0.717, 1.165) is 14.2 Å². The van der Waals surface area contributed by atoms with Gasteiger partial charge in [0.2, 0.25) is 0 Å². The number of halogens is 1. The number of rotatable bonds is 2. The molecule has 0 aliphatic carbocycles. The van der Waals surface area contributed by atoms with E-state index in [4.69, 9.17) is 0 Å². The van der Waals surface area contributed by atoms with E-state index in [2.05, 4.69) is 21.2 Å². The quantitative estimate of drug-likeness (QED) is 0.646. The SMILES string of the molecule is O=C1NC(=O)N(c2ccc(Br)cc2)C(=O)/C1=C/c1cccs1. The Morgan fingerprint density at radius 2 is 1.82 bits per heavy atom. The molecule has 1 aromatic carbocycles. The molecule has 0 atom stereocenters. The Morgan fingerprint density at radius 1 is 1.09 bits per heavy atom. The molecule has 1 aliphatic heterocycles. The number of amides is 4. The van der Waals surface area contributed by atoms with Crippen molar-refractivity contribution in [3.8, 4) is 0 Å². The van der Waals surface area contributed by atoms with Crippen LogP contribution in [0.2, 0.25) is 0 Å². The van der Waals surface area contributed by atoms with E-state index in [9.17, 15) is 14.4 Å². The second kappa shape index (κ2) is 5.86. The average molecular weight is 377 g/mol. The summed E-state index contributed by atoms with van der Waals surface area (Å²) in [5.74, 6) is -1.32. The van der Waals surface area contributed by atoms with Gasteiger partial charge >= 0.3 is 6.03 Å². The van der Waals surface area contributed by atoms with Crippen LogP contribution in [0, 0.1) is 0 Å². The maximum Gasteiger partial charge on any atom is 0.335 e. The number of benzene rings is 1. The predicted molar refractivity (Wildman–Crippen MR) is 87.5 cm³/mol. The average Bonchev–Trinajstić information content (AvgIpc) is 2.98. The van der Waals surface area contributed by atoms with Crippen molar-refractivity contribution in [3.05, 3.63) is 56.7 Å². The van der Waals surface area contributed by atoms with Crippen LogP contribution in [0.5, 0.6) is 0 Å². The fourth-order valence-electron chi connectivity index (χ4n) is 2.00. The minimum Gasteiger partial charge on any atom is -0.273 e. The molecule has 1 saturated heterocycles. The number of imide groups is 2. The zero-order chi connectivity index (χ0) is 15.7. The standard InChI is InChI=1S/C15H9BrN2O3S/c16-9-3-5-10(6-4-9)18-14(20)12(13(19)17-15(18)21)8-11-2-1-7-22-11/h1-8H,(H,17,19,21)/b12-8+. The second-order valence-electron chi connectivity index (χ2n) is 4.45. The molecule has 1 aliphatic rings. The highest BCUT2D eigenvalue weighted by Gasteiger charge is 2.36. The number of hydrogen-bond acceptors (Lipinski definition) is 4. The minimum atomic E-state index is -0.749. The van der Waals surface area contributed by atoms with Crippen LogP contribution in [0.1, 0.15) is 4.88 Å². The highest BCUT2D eigenvalue weighted by molar-refractivity contribution is 9.10. The smallest absolute Gasteiger partial charge is 0.273 e. The maximum atomic E-state index is 12.5. The lowest BCUT2D eigenvalue weighted by Gasteiger charge is -2.26. The summed E-state index contributed by atoms with van der Waals surface area (Å²) in [7, 11) is 0. The molecule has 7 heteroatoms. The molecule has 22 heavy (non-hydrogen) atoms. The lowest BCUT2D eigenvalue weighted by molar-refractivity contribution is -0.122. The van der Waals surface area contributed by atoms with E-state index in [1.54, 1.807) is 30.3 Å². The summed E-state index contributed by atoms with van der Waals surface area (Å²) in [6, 6.07) is 9.54. The van der Waals surface area contributed by atoms with Gasteiger partial charge in [0.25, 0.3) is 11.8 Å². The Kier molecular flexibility index (Phi) is 3.91. The molecule has 2 heterocycles. The first kappa shape index (κ1) is 14.7. The van der Waals surface area contributed by atoms with E-state index in [1.807, 2.05) is 11.4 Å². The van der Waals surface area contributed by atoms with Gasteiger partial charge in [-0.3, -0.25) is 14.9 Å². The lowest BCUT2D eigenvalue weighted by Crippen LogP contribution is -2.54. The van der Waals surface area contributed by atoms with Crippen LogP contribution in [-0.4, -0.2) is 17.8 Å². The molecule has 3 rings (SSSR count). The number of carbonyl (C=O) groups is 3. The third-order valence-corrected chi connectivity index (χ3v) is 4.36. The van der Waals surface area contributed by atoms with E-state index in [0.29, 0.717) is 5.69 Å². The van der Waals surface area contributed by atoms with Gasteiger partial charge in [-0.25, -0.2) is 9.69 Å². The number of carbonyl (C=O) groups excluding carboxylic acids is 3. The molecule has 2 aromatic rings. The Morgan fingerprint density at radius 3 is 2.45 bits per heavy atom. The van der Waals surface area contributed by atoms with Gasteiger partial charge in [-0.15, -0.1) is 11.3 Å². The summed E-state index contributed by atoms with van der Waals surface area (Å²) >= 11 is 4.69. The topological polar surface area (TPSA) is 66.5 Å². The van der Waals surface area contributed by atoms with Gasteiger partial charge in [0.05, 0.1) is 5.69 Å². The number of anilines is 1. The predicted octanol–water partition coefficient (Wildman–Crippen LogP) is 3.18. The van der Waals surface area contributed by atoms with Gasteiger partial charge in [0, 0.05) is 9.35 Å². The number of urea groups is 1. The monoisotopic (exact) mass is 376 g/mol. The number of nitrogens with one attached hydrogen (secondary N) is 1. The van der Waals surface area contributed by atoms with Crippen LogP contribution in [0.4, 0.5) is 10.5 Å². The Balaban J connectivity index is 2.01. The maximum absolute atomic E-state index is 12.5. The van der Waals surface area contributed by atoms with Gasteiger partial charge in [-0.2, -0.15) is 0 Å². The molecule has 1 fully saturated rings. The first-order chi connectivity index (χ1) is 10.6. The van der Waals surface area contributed by atoms with Crippen LogP contribution in [-0.2, 0) is 9.59 Å². The highest BCUT2D eigenvalue weighted by Crippen LogP contribution is 2.24. The fraction of sp³-hybridized carbons (Fsp3) is 0. The largest absolute Gasteiger partial charge is 0.335 e. The first-order valence-electron chi connectivity index (χ1n) is 6.27. The molecule has 110 valence electrons. The summed E-state index contributed by atoms with van der Waals surface area (Å²) < 4.78 is 0.826. The molecular weight excluding hydrogens is 368 g/mol. The molecular formula is C15H9BrN2O3S.